The van der Waals surface area contributed by atoms with Crippen LogP contribution in [0.15, 0.2) is 77.8 Å². The third-order valence-electron chi connectivity index (χ3n) is 6.77. The first-order chi connectivity index (χ1) is 21.5. The Morgan fingerprint density at radius 1 is 0.822 bits per heavy atom. The van der Waals surface area contributed by atoms with Crippen molar-refractivity contribution < 1.29 is 44.0 Å². The molecule has 2 aromatic heterocycles. The van der Waals surface area contributed by atoms with E-state index in [1.54, 1.807) is 0 Å². The van der Waals surface area contributed by atoms with E-state index >= 15 is 0 Å². The zero-order valence-electron chi connectivity index (χ0n) is 24.0. The largest absolute Gasteiger partial charge is 0.543 e. The highest BCUT2D eigenvalue weighted by atomic mass is 32.2. The molecule has 0 unspecified atom stereocenters. The van der Waals surface area contributed by atoms with Gasteiger partial charge in [0.15, 0.2) is 5.65 Å². The van der Waals surface area contributed by atoms with Gasteiger partial charge in [0.1, 0.15) is 17.2 Å². The number of fused-ring (bicyclic) bond motifs is 1. The first-order valence-electron chi connectivity index (χ1n) is 13.8. The van der Waals surface area contributed by atoms with Crippen LogP contribution in [0.3, 0.4) is 0 Å². The molecule has 1 aliphatic rings. The summed E-state index contributed by atoms with van der Waals surface area (Å²) in [4.78, 5) is 49.2. The van der Waals surface area contributed by atoms with Crippen LogP contribution < -0.4 is 20.4 Å². The van der Waals surface area contributed by atoms with Gasteiger partial charge < -0.3 is 49.1 Å². The van der Waals surface area contributed by atoms with Gasteiger partial charge in [-0.25, -0.2) is 14.4 Å². The van der Waals surface area contributed by atoms with Crippen molar-refractivity contribution in [3.8, 4) is 0 Å². The Morgan fingerprint density at radius 2 is 1.42 bits per heavy atom. The summed E-state index contributed by atoms with van der Waals surface area (Å²) in [6.45, 7) is 4.10. The molecule has 5 rings (SSSR count). The summed E-state index contributed by atoms with van der Waals surface area (Å²) in [7, 11) is 0. The number of imidazole rings is 1. The quantitative estimate of drug-likeness (QED) is 0.163. The van der Waals surface area contributed by atoms with Crippen LogP contribution in [-0.4, -0.2) is 68.7 Å². The summed E-state index contributed by atoms with van der Waals surface area (Å²) in [6, 6.07) is 21.3. The van der Waals surface area contributed by atoms with E-state index in [-0.39, 0.29) is 5.82 Å². The van der Waals surface area contributed by atoms with Gasteiger partial charge in [-0.2, -0.15) is 0 Å². The van der Waals surface area contributed by atoms with Crippen molar-refractivity contribution in [2.24, 2.45) is 5.92 Å². The lowest BCUT2D eigenvalue weighted by Gasteiger charge is -2.31. The van der Waals surface area contributed by atoms with E-state index < -0.39 is 23.9 Å². The van der Waals surface area contributed by atoms with Crippen molar-refractivity contribution in [2.75, 3.05) is 25.4 Å². The normalized spacial score (nSPS) is 13.2. The molecule has 0 bridgehead atoms. The molecule has 3 heterocycles. The number of rotatable bonds is 8. The van der Waals surface area contributed by atoms with E-state index in [4.69, 9.17) is 44.6 Å². The van der Waals surface area contributed by atoms with Gasteiger partial charge >= 0.3 is 0 Å². The SMILES string of the molecule is Fc1ccc(Cn2c(CC3CCN(CCSc4ccccc4)CC3)nc3cccnc32)cc1.O=C([O-])C(=O)[O-].O=C([O-])C(=O)[O-]. The van der Waals surface area contributed by atoms with Crippen LogP contribution in [0.2, 0.25) is 0 Å². The van der Waals surface area contributed by atoms with E-state index in [0.717, 1.165) is 54.4 Å². The average molecular weight is 637 g/mol. The van der Waals surface area contributed by atoms with Gasteiger partial charge in [0.05, 0.1) is 30.4 Å². The van der Waals surface area contributed by atoms with Gasteiger partial charge in [-0.1, -0.05) is 30.3 Å². The maximum atomic E-state index is 13.4. The average Bonchev–Trinajstić information content (AvgIpc) is 3.36. The number of thioether (sulfide) groups is 1. The Kier molecular flexibility index (Phi) is 13.5. The summed E-state index contributed by atoms with van der Waals surface area (Å²) >= 11 is 1.94. The number of hydrogen-bond acceptors (Lipinski definition) is 12. The fourth-order valence-electron chi connectivity index (χ4n) is 4.58. The molecule has 12 nitrogen and oxygen atoms in total. The maximum Gasteiger partial charge on any atom is 0.160 e. The van der Waals surface area contributed by atoms with Crippen LogP contribution in [-0.2, 0) is 32.1 Å². The molecule has 14 heteroatoms. The number of halogens is 1. The van der Waals surface area contributed by atoms with E-state index in [1.807, 2.05) is 42.2 Å². The fourth-order valence-corrected chi connectivity index (χ4v) is 5.52. The second-order valence-electron chi connectivity index (χ2n) is 9.89. The highest BCUT2D eigenvalue weighted by molar-refractivity contribution is 7.99. The Bertz CT molecular complexity index is 1530. The molecule has 238 valence electrons. The second-order valence-corrected chi connectivity index (χ2v) is 11.1. The molecule has 0 spiro atoms. The maximum absolute atomic E-state index is 13.4. The van der Waals surface area contributed by atoms with Crippen molar-refractivity contribution in [3.63, 3.8) is 0 Å². The summed E-state index contributed by atoms with van der Waals surface area (Å²) < 4.78 is 15.6. The zero-order chi connectivity index (χ0) is 32.8. The van der Waals surface area contributed by atoms with Crippen LogP contribution in [0, 0.1) is 11.7 Å². The zero-order valence-corrected chi connectivity index (χ0v) is 24.8. The number of likely N-dealkylation sites (tertiary alicyclic amines) is 1. The van der Waals surface area contributed by atoms with Crippen LogP contribution in [0.25, 0.3) is 11.2 Å². The van der Waals surface area contributed by atoms with Crippen LogP contribution >= 0.6 is 11.8 Å². The molecule has 0 radical (unpaired) electrons. The van der Waals surface area contributed by atoms with Crippen LogP contribution in [0.4, 0.5) is 4.39 Å². The summed E-state index contributed by atoms with van der Waals surface area (Å²) in [5.74, 6) is -6.09. The number of aromatic nitrogens is 3. The van der Waals surface area contributed by atoms with E-state index in [1.165, 1.54) is 29.9 Å². The molecular formula is C31H29FN4O8S-4. The standard InChI is InChI=1S/C27H29FN4S.2C2H2O4/c28-23-10-8-22(9-11-23)20-32-26(30-25-7-4-14-29-27(25)32)19-21-12-15-31(16-13-21)17-18-33-24-5-2-1-3-6-24;2*3-1(4)2(5)6/h1-11,14,21H,12-13,15-20H2;2*(H,3,4)(H,5,6)/p-4. The number of benzene rings is 2. The topological polar surface area (TPSA) is 194 Å². The molecule has 1 aliphatic heterocycles. The van der Waals surface area contributed by atoms with E-state index in [9.17, 15) is 4.39 Å². The third-order valence-corrected chi connectivity index (χ3v) is 7.76. The van der Waals surface area contributed by atoms with Crippen LogP contribution in [0.5, 0.6) is 0 Å². The third kappa shape index (κ3) is 11.7. The number of pyridine rings is 1. The lowest BCUT2D eigenvalue weighted by atomic mass is 9.93. The van der Waals surface area contributed by atoms with Crippen molar-refractivity contribution in [1.29, 1.82) is 0 Å². The van der Waals surface area contributed by atoms with Crippen molar-refractivity contribution in [3.05, 3.63) is 90.1 Å². The molecule has 1 saturated heterocycles. The van der Waals surface area contributed by atoms with Crippen molar-refractivity contribution >= 4 is 46.8 Å². The second kappa shape index (κ2) is 17.5. The van der Waals surface area contributed by atoms with Crippen LogP contribution in [0.1, 0.15) is 24.2 Å². The number of carboxylic acid groups (broad SMARTS) is 4. The molecule has 1 fully saturated rings. The van der Waals surface area contributed by atoms with Crippen molar-refractivity contribution in [1.82, 2.24) is 19.4 Å². The molecule has 0 amide bonds. The Hall–Kier alpha value is -4.82. The van der Waals surface area contributed by atoms with Gasteiger partial charge in [-0.05, 0) is 73.8 Å². The lowest BCUT2D eigenvalue weighted by Crippen LogP contribution is -2.42. The highest BCUT2D eigenvalue weighted by Gasteiger charge is 2.22. The monoisotopic (exact) mass is 636 g/mol. The summed E-state index contributed by atoms with van der Waals surface area (Å²) in [6.07, 6.45) is 5.18. The minimum atomic E-state index is -2.19. The first kappa shape index (κ1) is 34.7. The number of aliphatic carboxylic acids is 4. The molecular weight excluding hydrogens is 607 g/mol. The van der Waals surface area contributed by atoms with Gasteiger partial charge in [0.2, 0.25) is 0 Å². The van der Waals surface area contributed by atoms with E-state index in [0.29, 0.717) is 12.5 Å². The van der Waals surface area contributed by atoms with Gasteiger partial charge in [-0.15, -0.1) is 11.8 Å². The Balaban J connectivity index is 0.000000392. The predicted octanol–water partition coefficient (Wildman–Crippen LogP) is -1.36. The number of carboxylic acids is 4. The van der Waals surface area contributed by atoms with Crippen molar-refractivity contribution in [2.45, 2.75) is 30.7 Å². The molecule has 45 heavy (non-hydrogen) atoms. The van der Waals surface area contributed by atoms with E-state index in [2.05, 4.69) is 44.8 Å². The van der Waals surface area contributed by atoms with Gasteiger partial charge in [-0.3, -0.25) is 0 Å². The smallest absolute Gasteiger partial charge is 0.160 e. The number of carbonyl (C=O) groups excluding carboxylic acids is 4. The molecule has 0 saturated carbocycles. The Morgan fingerprint density at radius 3 is 2.00 bits per heavy atom. The Labute approximate surface area is 262 Å². The molecule has 0 atom stereocenters. The number of piperidine rings is 1. The van der Waals surface area contributed by atoms with Gasteiger partial charge in [0, 0.05) is 29.8 Å². The molecule has 0 aliphatic carbocycles. The number of hydrogen-bond donors (Lipinski definition) is 0. The first-order valence-corrected chi connectivity index (χ1v) is 14.8. The molecule has 0 N–H and O–H groups in total. The minimum Gasteiger partial charge on any atom is -0.543 e. The molecule has 4 aromatic rings. The summed E-state index contributed by atoms with van der Waals surface area (Å²) in [5, 5.41) is 35.7. The number of nitrogens with zero attached hydrogens (tertiary/aromatic N) is 4. The predicted molar refractivity (Wildman–Crippen MR) is 153 cm³/mol. The van der Waals surface area contributed by atoms with Gasteiger partial charge in [0.25, 0.3) is 0 Å². The minimum absolute atomic E-state index is 0.207. The molecule has 2 aromatic carbocycles. The number of carbonyl (C=O) groups is 4. The lowest BCUT2D eigenvalue weighted by molar-refractivity contribution is -0.345. The highest BCUT2D eigenvalue weighted by Crippen LogP contribution is 2.25. The summed E-state index contributed by atoms with van der Waals surface area (Å²) in [5.41, 5.74) is 2.91. The fraction of sp³-hybridized carbons (Fsp3) is 0.290.